The van der Waals surface area contributed by atoms with Gasteiger partial charge in [0.15, 0.2) is 0 Å². The van der Waals surface area contributed by atoms with Crippen molar-refractivity contribution in [3.63, 3.8) is 0 Å². The predicted molar refractivity (Wildman–Crippen MR) is 92.6 cm³/mol. The van der Waals surface area contributed by atoms with Crippen LogP contribution >= 0.6 is 0 Å². The quantitative estimate of drug-likeness (QED) is 0.330. The zero-order chi connectivity index (χ0) is 18.2. The lowest BCUT2D eigenvalue weighted by atomic mass is 10.0. The lowest BCUT2D eigenvalue weighted by Gasteiger charge is -2.18. The molecular formula is C18H23N3O4. The third-order valence-corrected chi connectivity index (χ3v) is 3.74. The van der Waals surface area contributed by atoms with E-state index in [1.165, 1.54) is 0 Å². The Balaban J connectivity index is 1.98. The molecular weight excluding hydrogens is 322 g/mol. The summed E-state index contributed by atoms with van der Waals surface area (Å²) in [4.78, 5) is 36.3. The fourth-order valence-electron chi connectivity index (χ4n) is 2.42. The molecule has 0 aromatic heterocycles. The van der Waals surface area contributed by atoms with Crippen LogP contribution < -0.4 is 16.0 Å². The Labute approximate surface area is 146 Å². The molecule has 0 bridgehead atoms. The third kappa shape index (κ3) is 5.42. The van der Waals surface area contributed by atoms with E-state index in [0.29, 0.717) is 13.0 Å². The van der Waals surface area contributed by atoms with Crippen LogP contribution in [-0.2, 0) is 25.5 Å². The molecule has 3 N–H and O–H groups in total. The van der Waals surface area contributed by atoms with Crippen molar-refractivity contribution in [2.45, 2.75) is 31.5 Å². The van der Waals surface area contributed by atoms with Gasteiger partial charge in [-0.1, -0.05) is 36.4 Å². The number of hydrogen-bond acceptors (Lipinski definition) is 5. The van der Waals surface area contributed by atoms with Crippen molar-refractivity contribution in [3.05, 3.63) is 48.6 Å². The Morgan fingerprint density at radius 1 is 1.28 bits per heavy atom. The molecule has 7 heteroatoms. The van der Waals surface area contributed by atoms with E-state index in [1.54, 1.807) is 13.0 Å². The lowest BCUT2D eigenvalue weighted by Crippen LogP contribution is -2.49. The maximum absolute atomic E-state index is 12.3. The van der Waals surface area contributed by atoms with Gasteiger partial charge in [-0.3, -0.25) is 19.7 Å². The minimum atomic E-state index is -0.736. The first-order valence-corrected chi connectivity index (χ1v) is 8.22. The number of nitrogens with one attached hydrogen (secondary N) is 3. The summed E-state index contributed by atoms with van der Waals surface area (Å²) in [7, 11) is 0. The van der Waals surface area contributed by atoms with Crippen LogP contribution in [0.2, 0.25) is 0 Å². The van der Waals surface area contributed by atoms with Gasteiger partial charge in [-0.25, -0.2) is 0 Å². The van der Waals surface area contributed by atoms with Crippen molar-refractivity contribution in [3.8, 4) is 0 Å². The molecule has 2 amide bonds. The minimum absolute atomic E-state index is 0.256. The number of amides is 2. The average molecular weight is 345 g/mol. The molecule has 1 aromatic carbocycles. The van der Waals surface area contributed by atoms with Gasteiger partial charge in [0.2, 0.25) is 11.8 Å². The van der Waals surface area contributed by atoms with Gasteiger partial charge in [0.1, 0.15) is 18.1 Å². The molecule has 25 heavy (non-hydrogen) atoms. The van der Waals surface area contributed by atoms with E-state index in [0.717, 1.165) is 5.56 Å². The topological polar surface area (TPSA) is 106 Å². The van der Waals surface area contributed by atoms with Crippen LogP contribution in [0.15, 0.2) is 43.0 Å². The second-order valence-electron chi connectivity index (χ2n) is 5.66. The van der Waals surface area contributed by atoms with Gasteiger partial charge in [-0.2, -0.15) is 0 Å². The highest BCUT2D eigenvalue weighted by molar-refractivity contribution is 5.97. The van der Waals surface area contributed by atoms with Gasteiger partial charge in [0.05, 0.1) is 6.61 Å². The van der Waals surface area contributed by atoms with Gasteiger partial charge < -0.3 is 15.4 Å². The van der Waals surface area contributed by atoms with Crippen LogP contribution in [0.3, 0.4) is 0 Å². The summed E-state index contributed by atoms with van der Waals surface area (Å²) in [6, 6.07) is 7.35. The van der Waals surface area contributed by atoms with Crippen molar-refractivity contribution >= 4 is 17.8 Å². The van der Waals surface area contributed by atoms with Crippen LogP contribution in [0.5, 0.6) is 0 Å². The molecule has 7 nitrogen and oxygen atoms in total. The highest BCUT2D eigenvalue weighted by Gasteiger charge is 2.49. The highest BCUT2D eigenvalue weighted by Crippen LogP contribution is 2.14. The van der Waals surface area contributed by atoms with E-state index in [4.69, 9.17) is 4.74 Å². The van der Waals surface area contributed by atoms with Gasteiger partial charge in [0.25, 0.3) is 0 Å². The molecule has 3 atom stereocenters. The highest BCUT2D eigenvalue weighted by atomic mass is 16.5. The Bertz CT molecular complexity index is 632. The molecule has 1 aliphatic rings. The number of rotatable bonds is 9. The fraction of sp³-hybridized carbons (Fsp3) is 0.389. The van der Waals surface area contributed by atoms with Crippen molar-refractivity contribution in [2.24, 2.45) is 0 Å². The standard InChI is InChI=1S/C18H23N3O4/c1-3-10-19-16(22)13(11-12-8-6-5-7-9-12)20-17(23)14-15(21-14)18(24)25-4-2/h3,5-9,13-15,21H,1,4,10-11H2,2H3,(H,19,22)(H,20,23)/t13-,14-,15-/m0/s1. The van der Waals surface area contributed by atoms with Crippen LogP contribution in [0, 0.1) is 0 Å². The van der Waals surface area contributed by atoms with Crippen LogP contribution in [0.1, 0.15) is 12.5 Å². The van der Waals surface area contributed by atoms with Gasteiger partial charge in [0, 0.05) is 13.0 Å². The third-order valence-electron chi connectivity index (χ3n) is 3.74. The molecule has 1 heterocycles. The van der Waals surface area contributed by atoms with Crippen molar-refractivity contribution < 1.29 is 19.1 Å². The molecule has 0 unspecified atom stereocenters. The minimum Gasteiger partial charge on any atom is -0.465 e. The first kappa shape index (κ1) is 18.7. The first-order chi connectivity index (χ1) is 12.1. The Kier molecular flexibility index (Phi) is 6.71. The monoisotopic (exact) mass is 345 g/mol. The van der Waals surface area contributed by atoms with E-state index < -0.39 is 30.0 Å². The molecule has 1 fully saturated rings. The van der Waals surface area contributed by atoms with E-state index in [-0.39, 0.29) is 12.5 Å². The Morgan fingerprint density at radius 2 is 2.00 bits per heavy atom. The van der Waals surface area contributed by atoms with E-state index >= 15 is 0 Å². The second kappa shape index (κ2) is 8.98. The molecule has 1 aliphatic heterocycles. The normalized spacial score (nSPS) is 19.4. The number of hydrogen-bond donors (Lipinski definition) is 3. The number of carbonyl (C=O) groups is 3. The maximum Gasteiger partial charge on any atom is 0.325 e. The number of esters is 1. The predicted octanol–water partition coefficient (Wildman–Crippen LogP) is -0.0804. The number of benzene rings is 1. The van der Waals surface area contributed by atoms with E-state index in [2.05, 4.69) is 22.5 Å². The zero-order valence-electron chi connectivity index (χ0n) is 14.2. The van der Waals surface area contributed by atoms with Crippen molar-refractivity contribution in [1.82, 2.24) is 16.0 Å². The smallest absolute Gasteiger partial charge is 0.325 e. The number of carbonyl (C=O) groups excluding carboxylic acids is 3. The molecule has 2 rings (SSSR count). The van der Waals surface area contributed by atoms with Gasteiger partial charge in [-0.15, -0.1) is 6.58 Å². The largest absolute Gasteiger partial charge is 0.465 e. The summed E-state index contributed by atoms with van der Waals surface area (Å²) in [6.07, 6.45) is 1.92. The lowest BCUT2D eigenvalue weighted by molar-refractivity contribution is -0.143. The van der Waals surface area contributed by atoms with E-state index in [9.17, 15) is 14.4 Å². The summed E-state index contributed by atoms with van der Waals surface area (Å²) in [5, 5.41) is 8.17. The number of ether oxygens (including phenoxy) is 1. The summed E-state index contributed by atoms with van der Waals surface area (Å²) in [6.45, 7) is 5.83. The SMILES string of the molecule is C=CCNC(=O)[C@H](Cc1ccccc1)NC(=O)[C@H]1N[C@@H]1C(=O)OCC. The summed E-state index contributed by atoms with van der Waals surface area (Å²) >= 11 is 0. The van der Waals surface area contributed by atoms with E-state index in [1.807, 2.05) is 30.3 Å². The van der Waals surface area contributed by atoms with Crippen LogP contribution in [0.4, 0.5) is 0 Å². The molecule has 0 saturated carbocycles. The summed E-state index contributed by atoms with van der Waals surface area (Å²) in [5.41, 5.74) is 0.923. The molecule has 134 valence electrons. The molecule has 0 radical (unpaired) electrons. The molecule has 0 aliphatic carbocycles. The summed E-state index contributed by atoms with van der Waals surface area (Å²) < 4.78 is 4.88. The van der Waals surface area contributed by atoms with Crippen LogP contribution in [0.25, 0.3) is 0 Å². The fourth-order valence-corrected chi connectivity index (χ4v) is 2.42. The van der Waals surface area contributed by atoms with Gasteiger partial charge in [-0.05, 0) is 12.5 Å². The van der Waals surface area contributed by atoms with Crippen molar-refractivity contribution in [1.29, 1.82) is 0 Å². The van der Waals surface area contributed by atoms with Gasteiger partial charge >= 0.3 is 5.97 Å². The maximum atomic E-state index is 12.3. The molecule has 0 spiro atoms. The second-order valence-corrected chi connectivity index (χ2v) is 5.66. The zero-order valence-corrected chi connectivity index (χ0v) is 14.2. The van der Waals surface area contributed by atoms with Crippen LogP contribution in [-0.4, -0.2) is 49.1 Å². The Hall–Kier alpha value is -2.67. The molecule has 1 saturated heterocycles. The first-order valence-electron chi connectivity index (χ1n) is 8.22. The average Bonchev–Trinajstić information content (AvgIpc) is 3.41. The Morgan fingerprint density at radius 3 is 2.64 bits per heavy atom. The summed E-state index contributed by atoms with van der Waals surface area (Å²) in [5.74, 6) is -1.16. The molecule has 1 aromatic rings. The van der Waals surface area contributed by atoms with Crippen molar-refractivity contribution in [2.75, 3.05) is 13.2 Å².